The molecule has 2 aromatic rings. The molecule has 0 spiro atoms. The van der Waals surface area contributed by atoms with E-state index in [0.29, 0.717) is 6.04 Å². The van der Waals surface area contributed by atoms with Gasteiger partial charge < -0.3 is 9.04 Å². The average molecular weight is 457 g/mol. The van der Waals surface area contributed by atoms with Crippen LogP contribution in [0.4, 0.5) is 13.2 Å². The minimum atomic E-state index is -6.09. The van der Waals surface area contributed by atoms with Crippen LogP contribution in [0.3, 0.4) is 0 Å². The third kappa shape index (κ3) is 6.06. The van der Waals surface area contributed by atoms with Gasteiger partial charge in [0.2, 0.25) is 0 Å². The third-order valence-corrected chi connectivity index (χ3v) is 6.85. The van der Waals surface area contributed by atoms with Gasteiger partial charge >= 0.3 is 5.51 Å². The van der Waals surface area contributed by atoms with Gasteiger partial charge in [-0.15, -0.1) is 0 Å². The zero-order valence-corrected chi connectivity index (χ0v) is 18.1. The fraction of sp³-hybridized carbons (Fsp3) is 0.455. The average Bonchev–Trinajstić information content (AvgIpc) is 2.70. The van der Waals surface area contributed by atoms with Crippen LogP contribution in [0, 0.1) is 0 Å². The zero-order valence-electron chi connectivity index (χ0n) is 17.3. The lowest BCUT2D eigenvalue weighted by atomic mass is 9.91. The number of benzene rings is 2. The molecule has 0 N–H and O–H groups in total. The summed E-state index contributed by atoms with van der Waals surface area (Å²) in [5.41, 5.74) is -2.67. The van der Waals surface area contributed by atoms with E-state index in [0.717, 1.165) is 6.04 Å². The number of fused-ring (bicyclic) bond motifs is 3. The van der Waals surface area contributed by atoms with Crippen LogP contribution < -0.4 is 0 Å². The van der Waals surface area contributed by atoms with E-state index in [4.69, 9.17) is 13.0 Å². The highest BCUT2D eigenvalue weighted by molar-refractivity contribution is 7.86. The van der Waals surface area contributed by atoms with Crippen molar-refractivity contribution in [3.8, 4) is 0 Å². The fourth-order valence-electron chi connectivity index (χ4n) is 4.52. The molecule has 2 aromatic carbocycles. The fourth-order valence-corrected chi connectivity index (χ4v) is 4.52. The van der Waals surface area contributed by atoms with Crippen LogP contribution in [0.15, 0.2) is 60.7 Å². The summed E-state index contributed by atoms with van der Waals surface area (Å²) >= 11 is 0. The number of piperazine rings is 3. The van der Waals surface area contributed by atoms with Crippen molar-refractivity contribution in [1.29, 1.82) is 0 Å². The van der Waals surface area contributed by atoms with Gasteiger partial charge in [0, 0.05) is 13.0 Å². The summed E-state index contributed by atoms with van der Waals surface area (Å²) in [5.74, 6) is 0. The van der Waals surface area contributed by atoms with E-state index in [1.54, 1.807) is 0 Å². The van der Waals surface area contributed by atoms with Crippen molar-refractivity contribution in [1.82, 2.24) is 4.90 Å². The Morgan fingerprint density at radius 1 is 1.00 bits per heavy atom. The maximum Gasteiger partial charge on any atom is 0.485 e. The Balaban J connectivity index is 0.000000293. The lowest BCUT2D eigenvalue weighted by molar-refractivity contribution is -0.950. The SMILES string of the molecule is C[N+]12CCN(CC1Cc1ccccc1)C(Cc1ccccc1)C2.O=S(=O)([O-])C(F)(F)F. The van der Waals surface area contributed by atoms with E-state index in [-0.39, 0.29) is 0 Å². The molecule has 3 aliphatic rings. The number of rotatable bonds is 4. The summed E-state index contributed by atoms with van der Waals surface area (Å²) in [7, 11) is -3.60. The number of likely N-dealkylation sites (N-methyl/N-ethyl adjacent to an activating group) is 1. The first-order chi connectivity index (χ1) is 14.5. The lowest BCUT2D eigenvalue weighted by Gasteiger charge is -2.57. The van der Waals surface area contributed by atoms with Crippen molar-refractivity contribution in [2.24, 2.45) is 0 Å². The Morgan fingerprint density at radius 3 is 1.94 bits per heavy atom. The van der Waals surface area contributed by atoms with Crippen LogP contribution in [0.2, 0.25) is 0 Å². The number of hydrogen-bond donors (Lipinski definition) is 0. The van der Waals surface area contributed by atoms with Gasteiger partial charge in [0.15, 0.2) is 10.1 Å². The number of quaternary nitrogens is 1. The Hall–Kier alpha value is -1.94. The first-order valence-electron chi connectivity index (χ1n) is 10.2. The van der Waals surface area contributed by atoms with Crippen LogP contribution in [0.25, 0.3) is 0 Å². The molecule has 3 fully saturated rings. The van der Waals surface area contributed by atoms with Crippen LogP contribution in [0.1, 0.15) is 11.1 Å². The molecule has 31 heavy (non-hydrogen) atoms. The molecule has 3 aliphatic heterocycles. The molecule has 170 valence electrons. The van der Waals surface area contributed by atoms with Crippen molar-refractivity contribution < 1.29 is 30.6 Å². The summed E-state index contributed by atoms with van der Waals surface area (Å²) in [4.78, 5) is 2.75. The minimum absolute atomic E-state index is 0.711. The molecule has 5 rings (SSSR count). The quantitative estimate of drug-likeness (QED) is 0.403. The highest BCUT2D eigenvalue weighted by Crippen LogP contribution is 2.31. The second kappa shape index (κ2) is 9.28. The van der Waals surface area contributed by atoms with Gasteiger partial charge in [0.05, 0.1) is 32.7 Å². The summed E-state index contributed by atoms with van der Waals surface area (Å²) in [5, 5.41) is 0. The number of halogens is 3. The van der Waals surface area contributed by atoms with E-state index in [9.17, 15) is 13.2 Å². The van der Waals surface area contributed by atoms with Crippen LogP contribution >= 0.6 is 0 Å². The lowest BCUT2D eigenvalue weighted by Crippen LogP contribution is -2.74. The van der Waals surface area contributed by atoms with Gasteiger partial charge in [-0.3, -0.25) is 4.90 Å². The molecule has 3 saturated heterocycles. The molecule has 5 nitrogen and oxygen atoms in total. The Labute approximate surface area is 181 Å². The van der Waals surface area contributed by atoms with Crippen LogP contribution in [-0.2, 0) is 23.0 Å². The smallest absolute Gasteiger partial charge is 0.485 e. The highest BCUT2D eigenvalue weighted by atomic mass is 32.2. The maximum absolute atomic E-state index is 10.7. The van der Waals surface area contributed by atoms with E-state index in [1.165, 1.54) is 54.6 Å². The molecular formula is C22H27F3N2O3S. The summed E-state index contributed by atoms with van der Waals surface area (Å²) in [6.07, 6.45) is 2.42. The summed E-state index contributed by atoms with van der Waals surface area (Å²) < 4.78 is 60.2. The summed E-state index contributed by atoms with van der Waals surface area (Å²) in [6.45, 7) is 5.12. The maximum atomic E-state index is 10.7. The Morgan fingerprint density at radius 2 is 1.48 bits per heavy atom. The minimum Gasteiger partial charge on any atom is -0.741 e. The second-order valence-corrected chi connectivity index (χ2v) is 9.84. The molecule has 0 aliphatic carbocycles. The molecule has 0 aromatic heterocycles. The Bertz CT molecular complexity index is 955. The van der Waals surface area contributed by atoms with E-state index >= 15 is 0 Å². The first-order valence-corrected chi connectivity index (χ1v) is 11.6. The standard InChI is InChI=1S/C21H27N2.CHF3O3S/c1-23-13-12-22(16-21(23)15-19-10-6-3-7-11-19)20(17-23)14-18-8-4-2-5-9-18;2-1(3,4)8(5,6)7/h2-11,20-21H,12-17H2,1H3;(H,5,6,7)/q+1;/p-1. The second-order valence-electron chi connectivity index (χ2n) is 8.47. The van der Waals surface area contributed by atoms with Crippen LogP contribution in [-0.4, -0.2) is 73.2 Å². The van der Waals surface area contributed by atoms with Crippen LogP contribution in [0.5, 0.6) is 0 Å². The van der Waals surface area contributed by atoms with Crippen molar-refractivity contribution in [2.45, 2.75) is 30.4 Å². The Kier molecular flexibility index (Phi) is 7.10. The van der Waals surface area contributed by atoms with Gasteiger partial charge in [-0.05, 0) is 17.5 Å². The van der Waals surface area contributed by atoms with E-state index in [1.807, 2.05) is 0 Å². The molecule has 2 bridgehead atoms. The van der Waals surface area contributed by atoms with Gasteiger partial charge in [0.1, 0.15) is 6.04 Å². The highest BCUT2D eigenvalue weighted by Gasteiger charge is 2.47. The zero-order chi connectivity index (χ0) is 22.7. The number of hydrogen-bond acceptors (Lipinski definition) is 4. The van der Waals surface area contributed by atoms with E-state index < -0.39 is 15.6 Å². The molecule has 4 unspecified atom stereocenters. The predicted molar refractivity (Wildman–Crippen MR) is 111 cm³/mol. The van der Waals surface area contributed by atoms with Crippen molar-refractivity contribution >= 4 is 10.1 Å². The molecule has 9 heteroatoms. The molecule has 3 heterocycles. The van der Waals surface area contributed by atoms with Gasteiger partial charge in [0.25, 0.3) is 0 Å². The topological polar surface area (TPSA) is 60.4 Å². The molecule has 0 saturated carbocycles. The monoisotopic (exact) mass is 456 g/mol. The van der Waals surface area contributed by atoms with Crippen molar-refractivity contribution in [2.75, 3.05) is 33.2 Å². The molecular weight excluding hydrogens is 429 g/mol. The molecule has 0 radical (unpaired) electrons. The third-order valence-electron chi connectivity index (χ3n) is 6.28. The first kappa shape index (κ1) is 23.7. The van der Waals surface area contributed by atoms with Gasteiger partial charge in [-0.25, -0.2) is 8.42 Å². The van der Waals surface area contributed by atoms with E-state index in [2.05, 4.69) is 72.6 Å². The predicted octanol–water partition coefficient (Wildman–Crippen LogP) is 3.04. The van der Waals surface area contributed by atoms with Crippen molar-refractivity contribution in [3.05, 3.63) is 71.8 Å². The number of alkyl halides is 3. The van der Waals surface area contributed by atoms with Crippen molar-refractivity contribution in [3.63, 3.8) is 0 Å². The molecule has 4 atom stereocenters. The normalized spacial score (nSPS) is 28.0. The van der Waals surface area contributed by atoms with Gasteiger partial charge in [-0.1, -0.05) is 60.7 Å². The summed E-state index contributed by atoms with van der Waals surface area (Å²) in [6, 6.07) is 23.5. The molecule has 0 amide bonds. The largest absolute Gasteiger partial charge is 0.741 e. The van der Waals surface area contributed by atoms with Gasteiger partial charge in [-0.2, -0.15) is 13.2 Å². The number of nitrogens with zero attached hydrogens (tertiary/aromatic N) is 2.